The van der Waals surface area contributed by atoms with Crippen molar-refractivity contribution in [1.29, 1.82) is 5.26 Å². The summed E-state index contributed by atoms with van der Waals surface area (Å²) in [5.74, 6) is 0.832. The molecule has 1 saturated heterocycles. The van der Waals surface area contributed by atoms with Crippen LogP contribution in [0.5, 0.6) is 0 Å². The van der Waals surface area contributed by atoms with Gasteiger partial charge in [0, 0.05) is 23.2 Å². The van der Waals surface area contributed by atoms with Gasteiger partial charge in [0.2, 0.25) is 0 Å². The van der Waals surface area contributed by atoms with E-state index in [0.717, 1.165) is 46.9 Å². The van der Waals surface area contributed by atoms with Crippen molar-refractivity contribution in [3.05, 3.63) is 65.2 Å². The number of rotatable bonds is 5. The molecule has 1 N–H and O–H groups in total. The standard InChI is InChI=1S/C25H22ClN5OS/c1-33-22-13-21(30-12-4-6-19(30)15-32)28-25-23(16-8-10-18(26)11-9-16)24(29-31(22)25)20-7-3-2-5-17(20)14-27/h2-3,5,7-11,13,19,32H,4,6,12,15H2,1H3/t19-/m0/s1. The predicted molar refractivity (Wildman–Crippen MR) is 133 cm³/mol. The lowest BCUT2D eigenvalue weighted by atomic mass is 9.98. The molecule has 6 nitrogen and oxygen atoms in total. The second-order valence-corrected chi connectivity index (χ2v) is 9.21. The molecule has 3 heterocycles. The van der Waals surface area contributed by atoms with E-state index in [-0.39, 0.29) is 12.6 Å². The van der Waals surface area contributed by atoms with Gasteiger partial charge in [-0.15, -0.1) is 11.8 Å². The van der Waals surface area contributed by atoms with Gasteiger partial charge in [-0.2, -0.15) is 10.4 Å². The van der Waals surface area contributed by atoms with Crippen molar-refractivity contribution >= 4 is 34.8 Å². The van der Waals surface area contributed by atoms with Crippen LogP contribution in [-0.2, 0) is 0 Å². The van der Waals surface area contributed by atoms with Crippen LogP contribution in [0, 0.1) is 11.3 Å². The maximum Gasteiger partial charge on any atom is 0.167 e. The van der Waals surface area contributed by atoms with Crippen LogP contribution in [0.2, 0.25) is 5.02 Å². The summed E-state index contributed by atoms with van der Waals surface area (Å²) < 4.78 is 1.85. The normalized spacial score (nSPS) is 15.8. The van der Waals surface area contributed by atoms with Crippen LogP contribution in [0.4, 0.5) is 5.82 Å². The summed E-state index contributed by atoms with van der Waals surface area (Å²) in [6.07, 6.45) is 3.98. The zero-order valence-corrected chi connectivity index (χ0v) is 19.6. The lowest BCUT2D eigenvalue weighted by molar-refractivity contribution is 0.266. The molecule has 0 amide bonds. The predicted octanol–water partition coefficient (Wildman–Crippen LogP) is 5.27. The van der Waals surface area contributed by atoms with Crippen LogP contribution in [-0.4, -0.2) is 45.2 Å². The Balaban J connectivity index is 1.83. The third kappa shape index (κ3) is 3.84. The number of nitriles is 1. The van der Waals surface area contributed by atoms with E-state index in [0.29, 0.717) is 21.9 Å². The van der Waals surface area contributed by atoms with Crippen molar-refractivity contribution in [2.75, 3.05) is 24.3 Å². The Labute approximate surface area is 201 Å². The Morgan fingerprint density at radius 3 is 2.73 bits per heavy atom. The molecule has 0 unspecified atom stereocenters. The molecule has 0 spiro atoms. The molecule has 33 heavy (non-hydrogen) atoms. The third-order valence-electron chi connectivity index (χ3n) is 6.07. The highest BCUT2D eigenvalue weighted by molar-refractivity contribution is 7.98. The summed E-state index contributed by atoms with van der Waals surface area (Å²) >= 11 is 7.76. The summed E-state index contributed by atoms with van der Waals surface area (Å²) in [5, 5.41) is 26.2. The SMILES string of the molecule is CSc1cc(N2CCC[C@H]2CO)nc2c(-c3ccc(Cl)cc3)c(-c3ccccc3C#N)nn12. The molecule has 8 heteroatoms. The van der Waals surface area contributed by atoms with Gasteiger partial charge in [-0.3, -0.25) is 0 Å². The van der Waals surface area contributed by atoms with Crippen LogP contribution in [0.1, 0.15) is 18.4 Å². The van der Waals surface area contributed by atoms with Gasteiger partial charge in [-0.25, -0.2) is 9.50 Å². The summed E-state index contributed by atoms with van der Waals surface area (Å²) in [7, 11) is 0. The van der Waals surface area contributed by atoms with E-state index < -0.39 is 0 Å². The number of aromatic nitrogens is 3. The molecule has 5 rings (SSSR count). The minimum atomic E-state index is 0.0651. The van der Waals surface area contributed by atoms with Crippen molar-refractivity contribution < 1.29 is 5.11 Å². The highest BCUT2D eigenvalue weighted by Gasteiger charge is 2.28. The summed E-state index contributed by atoms with van der Waals surface area (Å²) in [6, 6.07) is 19.5. The number of aliphatic hydroxyl groups is 1. The fourth-order valence-corrected chi connectivity index (χ4v) is 5.11. The van der Waals surface area contributed by atoms with E-state index in [1.165, 1.54) is 0 Å². The first-order valence-corrected chi connectivity index (χ1v) is 12.4. The number of hydrogen-bond acceptors (Lipinski definition) is 6. The highest BCUT2D eigenvalue weighted by atomic mass is 35.5. The molecule has 1 aliphatic heterocycles. The smallest absolute Gasteiger partial charge is 0.167 e. The second-order valence-electron chi connectivity index (χ2n) is 7.95. The molecular weight excluding hydrogens is 454 g/mol. The quantitative estimate of drug-likeness (QED) is 0.313. The summed E-state index contributed by atoms with van der Waals surface area (Å²) in [5.41, 5.74) is 4.51. The molecule has 4 aromatic rings. The van der Waals surface area contributed by atoms with E-state index in [1.54, 1.807) is 17.8 Å². The Morgan fingerprint density at radius 1 is 1.21 bits per heavy atom. The maximum atomic E-state index is 9.87. The van der Waals surface area contributed by atoms with E-state index >= 15 is 0 Å². The van der Waals surface area contributed by atoms with E-state index in [1.807, 2.05) is 59.3 Å². The maximum absolute atomic E-state index is 9.87. The van der Waals surface area contributed by atoms with Crippen molar-refractivity contribution in [3.63, 3.8) is 0 Å². The topological polar surface area (TPSA) is 77.4 Å². The first-order valence-electron chi connectivity index (χ1n) is 10.7. The molecule has 1 aliphatic rings. The Kier molecular flexibility index (Phi) is 5.98. The molecule has 166 valence electrons. The minimum absolute atomic E-state index is 0.0651. The average Bonchev–Trinajstić information content (AvgIpc) is 3.48. The number of fused-ring (bicyclic) bond motifs is 1. The molecular formula is C25H22ClN5OS. The average molecular weight is 476 g/mol. The fraction of sp³-hybridized carbons (Fsp3) is 0.240. The van der Waals surface area contributed by atoms with Gasteiger partial charge in [-0.1, -0.05) is 41.9 Å². The van der Waals surface area contributed by atoms with E-state index in [4.69, 9.17) is 21.7 Å². The van der Waals surface area contributed by atoms with E-state index in [2.05, 4.69) is 11.0 Å². The Hall–Kier alpha value is -3.05. The monoisotopic (exact) mass is 475 g/mol. The van der Waals surface area contributed by atoms with Gasteiger partial charge >= 0.3 is 0 Å². The molecule has 1 fully saturated rings. The van der Waals surface area contributed by atoms with Crippen molar-refractivity contribution in [3.8, 4) is 28.5 Å². The lowest BCUT2D eigenvalue weighted by Crippen LogP contribution is -2.32. The van der Waals surface area contributed by atoms with Gasteiger partial charge in [0.15, 0.2) is 5.65 Å². The first-order chi connectivity index (χ1) is 16.1. The summed E-state index contributed by atoms with van der Waals surface area (Å²) in [4.78, 5) is 7.23. The van der Waals surface area contributed by atoms with Gasteiger partial charge in [0.25, 0.3) is 0 Å². The molecule has 2 aromatic carbocycles. The Bertz CT molecular complexity index is 1360. The number of halogens is 1. The van der Waals surface area contributed by atoms with Crippen molar-refractivity contribution in [2.45, 2.75) is 23.9 Å². The molecule has 0 saturated carbocycles. The lowest BCUT2D eigenvalue weighted by Gasteiger charge is -2.24. The largest absolute Gasteiger partial charge is 0.394 e. The highest BCUT2D eigenvalue weighted by Crippen LogP contribution is 2.39. The molecule has 2 aromatic heterocycles. The molecule has 0 aliphatic carbocycles. The van der Waals surface area contributed by atoms with Crippen molar-refractivity contribution in [1.82, 2.24) is 14.6 Å². The van der Waals surface area contributed by atoms with Crippen LogP contribution < -0.4 is 4.90 Å². The van der Waals surface area contributed by atoms with Gasteiger partial charge in [-0.05, 0) is 42.9 Å². The zero-order valence-electron chi connectivity index (χ0n) is 18.1. The number of anilines is 1. The fourth-order valence-electron chi connectivity index (χ4n) is 4.46. The number of aliphatic hydroxyl groups excluding tert-OH is 1. The zero-order chi connectivity index (χ0) is 22.9. The van der Waals surface area contributed by atoms with Gasteiger partial charge in [0.05, 0.1) is 29.8 Å². The number of thioether (sulfide) groups is 1. The molecule has 1 atom stereocenters. The Morgan fingerprint density at radius 2 is 2.00 bits per heavy atom. The number of nitrogens with zero attached hydrogens (tertiary/aromatic N) is 5. The van der Waals surface area contributed by atoms with Gasteiger partial charge < -0.3 is 10.0 Å². The number of benzene rings is 2. The third-order valence-corrected chi connectivity index (χ3v) is 7.03. The molecule has 0 radical (unpaired) electrons. The van der Waals surface area contributed by atoms with Crippen LogP contribution in [0.25, 0.3) is 28.0 Å². The van der Waals surface area contributed by atoms with E-state index in [9.17, 15) is 10.4 Å². The van der Waals surface area contributed by atoms with Gasteiger partial charge in [0.1, 0.15) is 16.5 Å². The minimum Gasteiger partial charge on any atom is -0.394 e. The first kappa shape index (κ1) is 21.8. The van der Waals surface area contributed by atoms with Crippen molar-refractivity contribution in [2.24, 2.45) is 0 Å². The van der Waals surface area contributed by atoms with Crippen LogP contribution in [0.15, 0.2) is 59.6 Å². The summed E-state index contributed by atoms with van der Waals surface area (Å²) in [6.45, 7) is 0.961. The van der Waals surface area contributed by atoms with Crippen LogP contribution >= 0.6 is 23.4 Å². The number of hydrogen-bond donors (Lipinski definition) is 1. The van der Waals surface area contributed by atoms with Crippen LogP contribution in [0.3, 0.4) is 0 Å². The second kappa shape index (κ2) is 9.06. The molecule has 0 bridgehead atoms.